The van der Waals surface area contributed by atoms with E-state index in [4.69, 9.17) is 9.15 Å². The predicted octanol–water partition coefficient (Wildman–Crippen LogP) is 6.89. The zero-order chi connectivity index (χ0) is 25.1. The van der Waals surface area contributed by atoms with Gasteiger partial charge in [-0.25, -0.2) is 4.39 Å². The lowest BCUT2D eigenvalue weighted by Crippen LogP contribution is -2.11. The van der Waals surface area contributed by atoms with Crippen LogP contribution in [0.3, 0.4) is 0 Å². The standard InChI is InChI=1S/C30H25FN2O3/c1-32-18-27-26-16-21(11-14-28(26)36-29(27)19-9-12-23(31)13-10-19)20-5-3-6-22(15-20)30(34)33-24-7-4-8-25(17-24)35-2/h3-17,32H,18H2,1-2H3,(H,33,34). The van der Waals surface area contributed by atoms with Gasteiger partial charge in [0, 0.05) is 40.4 Å². The molecule has 4 aromatic carbocycles. The second-order valence-electron chi connectivity index (χ2n) is 8.42. The van der Waals surface area contributed by atoms with E-state index in [1.807, 2.05) is 55.6 Å². The summed E-state index contributed by atoms with van der Waals surface area (Å²) in [6, 6.07) is 27.0. The lowest BCUT2D eigenvalue weighted by atomic mass is 9.99. The number of halogens is 1. The molecule has 5 nitrogen and oxygen atoms in total. The maximum atomic E-state index is 13.5. The van der Waals surface area contributed by atoms with E-state index >= 15 is 0 Å². The molecule has 0 bridgehead atoms. The lowest BCUT2D eigenvalue weighted by molar-refractivity contribution is 0.102. The Hall–Kier alpha value is -4.42. The second-order valence-corrected chi connectivity index (χ2v) is 8.42. The van der Waals surface area contributed by atoms with Crippen LogP contribution < -0.4 is 15.4 Å². The van der Waals surface area contributed by atoms with Crippen molar-refractivity contribution in [1.82, 2.24) is 5.32 Å². The normalized spacial score (nSPS) is 11.0. The van der Waals surface area contributed by atoms with Crippen molar-refractivity contribution < 1.29 is 18.3 Å². The summed E-state index contributed by atoms with van der Waals surface area (Å²) in [5.74, 6) is 0.891. The number of furan rings is 1. The first-order valence-electron chi connectivity index (χ1n) is 11.6. The molecule has 180 valence electrons. The minimum atomic E-state index is -0.289. The number of carbonyl (C=O) groups is 1. The number of fused-ring (bicyclic) bond motifs is 1. The summed E-state index contributed by atoms with van der Waals surface area (Å²) in [4.78, 5) is 12.9. The molecular weight excluding hydrogens is 455 g/mol. The summed E-state index contributed by atoms with van der Waals surface area (Å²) in [7, 11) is 3.47. The van der Waals surface area contributed by atoms with Gasteiger partial charge in [0.1, 0.15) is 22.9 Å². The topological polar surface area (TPSA) is 63.5 Å². The third kappa shape index (κ3) is 4.72. The summed E-state index contributed by atoms with van der Waals surface area (Å²) >= 11 is 0. The van der Waals surface area contributed by atoms with Crippen LogP contribution in [0.25, 0.3) is 33.4 Å². The number of rotatable bonds is 7. The highest BCUT2D eigenvalue weighted by Crippen LogP contribution is 2.36. The molecule has 0 saturated carbocycles. The average Bonchev–Trinajstić information content (AvgIpc) is 3.27. The van der Waals surface area contributed by atoms with E-state index in [1.54, 1.807) is 31.4 Å². The number of anilines is 1. The first kappa shape index (κ1) is 23.3. The monoisotopic (exact) mass is 480 g/mol. The minimum Gasteiger partial charge on any atom is -0.497 e. The Morgan fingerprint density at radius 1 is 0.889 bits per heavy atom. The van der Waals surface area contributed by atoms with Crippen LogP contribution in [-0.4, -0.2) is 20.1 Å². The van der Waals surface area contributed by atoms with Gasteiger partial charge in [0.25, 0.3) is 5.91 Å². The molecule has 0 aliphatic heterocycles. The third-order valence-corrected chi connectivity index (χ3v) is 6.04. The van der Waals surface area contributed by atoms with Crippen molar-refractivity contribution in [3.8, 4) is 28.2 Å². The first-order valence-corrected chi connectivity index (χ1v) is 11.6. The molecule has 1 heterocycles. The second kappa shape index (κ2) is 10.1. The maximum absolute atomic E-state index is 13.5. The molecule has 0 radical (unpaired) electrons. The SMILES string of the molecule is CNCc1c(-c2ccc(F)cc2)oc2ccc(-c3cccc(C(=O)Nc4cccc(OC)c4)c3)cc12. The van der Waals surface area contributed by atoms with Crippen molar-refractivity contribution in [2.24, 2.45) is 0 Å². The van der Waals surface area contributed by atoms with Crippen molar-refractivity contribution in [3.05, 3.63) is 108 Å². The highest BCUT2D eigenvalue weighted by molar-refractivity contribution is 6.05. The number of ether oxygens (including phenoxy) is 1. The molecule has 0 unspecified atom stereocenters. The largest absolute Gasteiger partial charge is 0.497 e. The Morgan fingerprint density at radius 3 is 2.42 bits per heavy atom. The van der Waals surface area contributed by atoms with E-state index in [2.05, 4.69) is 16.7 Å². The number of nitrogens with one attached hydrogen (secondary N) is 2. The van der Waals surface area contributed by atoms with E-state index in [0.29, 0.717) is 29.3 Å². The van der Waals surface area contributed by atoms with Gasteiger partial charge in [-0.3, -0.25) is 4.79 Å². The lowest BCUT2D eigenvalue weighted by Gasteiger charge is -2.09. The smallest absolute Gasteiger partial charge is 0.255 e. The number of methoxy groups -OCH3 is 1. The van der Waals surface area contributed by atoms with Gasteiger partial charge < -0.3 is 19.8 Å². The summed E-state index contributed by atoms with van der Waals surface area (Å²) in [5.41, 5.74) is 5.64. The van der Waals surface area contributed by atoms with Gasteiger partial charge >= 0.3 is 0 Å². The van der Waals surface area contributed by atoms with Crippen LogP contribution in [0.15, 0.2) is 95.4 Å². The molecule has 0 aliphatic rings. The van der Waals surface area contributed by atoms with Crippen molar-refractivity contribution in [3.63, 3.8) is 0 Å². The molecule has 1 aromatic heterocycles. The maximum Gasteiger partial charge on any atom is 0.255 e. The number of hydrogen-bond acceptors (Lipinski definition) is 4. The Kier molecular flexibility index (Phi) is 6.52. The fourth-order valence-electron chi connectivity index (χ4n) is 4.26. The molecule has 0 spiro atoms. The van der Waals surface area contributed by atoms with E-state index in [-0.39, 0.29) is 11.7 Å². The van der Waals surface area contributed by atoms with Crippen LogP contribution in [0.1, 0.15) is 15.9 Å². The highest BCUT2D eigenvalue weighted by atomic mass is 19.1. The van der Waals surface area contributed by atoms with Crippen molar-refractivity contribution in [2.75, 3.05) is 19.5 Å². The molecule has 36 heavy (non-hydrogen) atoms. The van der Waals surface area contributed by atoms with E-state index in [1.165, 1.54) is 12.1 Å². The molecule has 6 heteroatoms. The highest BCUT2D eigenvalue weighted by Gasteiger charge is 2.17. The molecule has 1 amide bonds. The fourth-order valence-corrected chi connectivity index (χ4v) is 4.26. The molecule has 5 rings (SSSR count). The van der Waals surface area contributed by atoms with Crippen LogP contribution in [-0.2, 0) is 6.54 Å². The number of amides is 1. The van der Waals surface area contributed by atoms with Crippen molar-refractivity contribution in [1.29, 1.82) is 0 Å². The van der Waals surface area contributed by atoms with Gasteiger partial charge in [0.05, 0.1) is 7.11 Å². The Balaban J connectivity index is 1.49. The zero-order valence-corrected chi connectivity index (χ0v) is 20.0. The summed E-state index contributed by atoms with van der Waals surface area (Å²) in [5, 5.41) is 7.09. The number of hydrogen-bond donors (Lipinski definition) is 2. The van der Waals surface area contributed by atoms with Crippen LogP contribution >= 0.6 is 0 Å². The van der Waals surface area contributed by atoms with Crippen LogP contribution in [0.2, 0.25) is 0 Å². The first-order chi connectivity index (χ1) is 17.6. The molecule has 0 atom stereocenters. The van der Waals surface area contributed by atoms with Gasteiger partial charge in [0.15, 0.2) is 0 Å². The zero-order valence-electron chi connectivity index (χ0n) is 20.0. The van der Waals surface area contributed by atoms with Gasteiger partial charge in [-0.1, -0.05) is 24.3 Å². The minimum absolute atomic E-state index is 0.205. The van der Waals surface area contributed by atoms with Gasteiger partial charge in [-0.05, 0) is 78.8 Å². The van der Waals surface area contributed by atoms with Crippen LogP contribution in [0.4, 0.5) is 10.1 Å². The number of carbonyl (C=O) groups excluding carboxylic acids is 1. The molecule has 0 saturated heterocycles. The Bertz CT molecular complexity index is 1540. The Labute approximate surface area is 208 Å². The molecule has 0 aliphatic carbocycles. The van der Waals surface area contributed by atoms with Crippen molar-refractivity contribution >= 4 is 22.6 Å². The van der Waals surface area contributed by atoms with Gasteiger partial charge in [0.2, 0.25) is 0 Å². The van der Waals surface area contributed by atoms with E-state index in [9.17, 15) is 9.18 Å². The molecular formula is C30H25FN2O3. The number of benzene rings is 4. The van der Waals surface area contributed by atoms with Gasteiger partial charge in [-0.2, -0.15) is 0 Å². The van der Waals surface area contributed by atoms with E-state index in [0.717, 1.165) is 33.2 Å². The molecule has 5 aromatic rings. The quantitative estimate of drug-likeness (QED) is 0.266. The summed E-state index contributed by atoms with van der Waals surface area (Å²) in [6.07, 6.45) is 0. The van der Waals surface area contributed by atoms with Crippen molar-refractivity contribution in [2.45, 2.75) is 6.54 Å². The molecule has 2 N–H and O–H groups in total. The van der Waals surface area contributed by atoms with Gasteiger partial charge in [-0.15, -0.1) is 0 Å². The third-order valence-electron chi connectivity index (χ3n) is 6.04. The average molecular weight is 481 g/mol. The summed E-state index contributed by atoms with van der Waals surface area (Å²) < 4.78 is 24.9. The fraction of sp³-hybridized carbons (Fsp3) is 0.100. The van der Waals surface area contributed by atoms with Crippen LogP contribution in [0, 0.1) is 5.82 Å². The predicted molar refractivity (Wildman–Crippen MR) is 141 cm³/mol. The van der Waals surface area contributed by atoms with E-state index < -0.39 is 0 Å². The summed E-state index contributed by atoms with van der Waals surface area (Å²) in [6.45, 7) is 0.589. The van der Waals surface area contributed by atoms with Crippen LogP contribution in [0.5, 0.6) is 5.75 Å². The Morgan fingerprint density at radius 2 is 1.64 bits per heavy atom. The molecule has 0 fully saturated rings.